The summed E-state index contributed by atoms with van der Waals surface area (Å²) < 4.78 is 18.8. The minimum absolute atomic E-state index is 0.0681. The van der Waals surface area contributed by atoms with Crippen molar-refractivity contribution >= 4 is 11.3 Å². The van der Waals surface area contributed by atoms with E-state index in [0.29, 0.717) is 5.92 Å². The van der Waals surface area contributed by atoms with Gasteiger partial charge in [-0.15, -0.1) is 11.3 Å². The SMILES string of the molecule is Fc1ccc([C@@H]2OCC[C@H]2CNCc2cscn2)cc1. The molecule has 106 valence electrons. The third-order valence-corrected chi connectivity index (χ3v) is 4.24. The van der Waals surface area contributed by atoms with E-state index in [4.69, 9.17) is 4.74 Å². The summed E-state index contributed by atoms with van der Waals surface area (Å²) in [6, 6.07) is 6.63. The lowest BCUT2D eigenvalue weighted by Crippen LogP contribution is -2.24. The third-order valence-electron chi connectivity index (χ3n) is 3.61. The van der Waals surface area contributed by atoms with Crippen LogP contribution in [0.15, 0.2) is 35.2 Å². The predicted octanol–water partition coefficient (Wildman–Crippen LogP) is 3.15. The smallest absolute Gasteiger partial charge is 0.123 e. The van der Waals surface area contributed by atoms with Gasteiger partial charge in [0.05, 0.1) is 17.3 Å². The van der Waals surface area contributed by atoms with Crippen molar-refractivity contribution in [3.63, 3.8) is 0 Å². The second-order valence-corrected chi connectivity index (χ2v) is 5.72. The van der Waals surface area contributed by atoms with Crippen molar-refractivity contribution in [2.75, 3.05) is 13.2 Å². The van der Waals surface area contributed by atoms with Gasteiger partial charge in [0.1, 0.15) is 5.82 Å². The van der Waals surface area contributed by atoms with Crippen LogP contribution >= 0.6 is 11.3 Å². The van der Waals surface area contributed by atoms with Gasteiger partial charge in [-0.05, 0) is 24.1 Å². The summed E-state index contributed by atoms with van der Waals surface area (Å²) in [6.45, 7) is 2.45. The Hall–Kier alpha value is -1.30. The van der Waals surface area contributed by atoms with Crippen LogP contribution in [-0.4, -0.2) is 18.1 Å². The maximum Gasteiger partial charge on any atom is 0.123 e. The number of halogens is 1. The number of hydrogen-bond acceptors (Lipinski definition) is 4. The maximum absolute atomic E-state index is 13.0. The molecule has 3 nitrogen and oxygen atoms in total. The predicted molar refractivity (Wildman–Crippen MR) is 77.0 cm³/mol. The zero-order valence-corrected chi connectivity index (χ0v) is 11.9. The van der Waals surface area contributed by atoms with Crippen LogP contribution in [0.3, 0.4) is 0 Å². The molecule has 0 aliphatic carbocycles. The van der Waals surface area contributed by atoms with E-state index < -0.39 is 0 Å². The fourth-order valence-corrected chi connectivity index (χ4v) is 3.13. The highest BCUT2D eigenvalue weighted by atomic mass is 32.1. The topological polar surface area (TPSA) is 34.1 Å². The Labute approximate surface area is 121 Å². The first-order chi connectivity index (χ1) is 9.83. The zero-order valence-electron chi connectivity index (χ0n) is 11.1. The van der Waals surface area contributed by atoms with Crippen molar-refractivity contribution in [1.82, 2.24) is 10.3 Å². The molecule has 1 aliphatic heterocycles. The van der Waals surface area contributed by atoms with Crippen LogP contribution in [0.25, 0.3) is 0 Å². The molecule has 3 rings (SSSR count). The summed E-state index contributed by atoms with van der Waals surface area (Å²) in [5.74, 6) is 0.226. The lowest BCUT2D eigenvalue weighted by molar-refractivity contribution is 0.0904. The highest BCUT2D eigenvalue weighted by Gasteiger charge is 2.29. The molecule has 0 spiro atoms. The van der Waals surface area contributed by atoms with Gasteiger partial charge in [-0.25, -0.2) is 9.37 Å². The van der Waals surface area contributed by atoms with Crippen molar-refractivity contribution in [2.24, 2.45) is 5.92 Å². The fourth-order valence-electron chi connectivity index (χ4n) is 2.57. The highest BCUT2D eigenvalue weighted by Crippen LogP contribution is 2.34. The minimum Gasteiger partial charge on any atom is -0.373 e. The first-order valence-corrected chi connectivity index (χ1v) is 7.72. The fraction of sp³-hybridized carbons (Fsp3) is 0.400. The third kappa shape index (κ3) is 3.23. The normalized spacial score (nSPS) is 22.2. The summed E-state index contributed by atoms with van der Waals surface area (Å²) in [4.78, 5) is 4.25. The first kappa shape index (κ1) is 13.7. The number of thiazole rings is 1. The molecule has 1 aliphatic rings. The van der Waals surface area contributed by atoms with E-state index in [1.54, 1.807) is 11.3 Å². The van der Waals surface area contributed by atoms with Crippen LogP contribution in [0.2, 0.25) is 0 Å². The van der Waals surface area contributed by atoms with Gasteiger partial charge in [-0.2, -0.15) is 0 Å². The Bertz CT molecular complexity index is 529. The molecule has 1 fully saturated rings. The lowest BCUT2D eigenvalue weighted by atomic mass is 9.95. The summed E-state index contributed by atoms with van der Waals surface area (Å²) in [7, 11) is 0. The van der Waals surface area contributed by atoms with Gasteiger partial charge in [0, 0.05) is 31.0 Å². The molecule has 2 atom stereocenters. The monoisotopic (exact) mass is 292 g/mol. The van der Waals surface area contributed by atoms with Crippen molar-refractivity contribution in [3.8, 4) is 0 Å². The zero-order chi connectivity index (χ0) is 13.8. The van der Waals surface area contributed by atoms with Gasteiger partial charge in [0.2, 0.25) is 0 Å². The van der Waals surface area contributed by atoms with E-state index in [2.05, 4.69) is 15.7 Å². The number of ether oxygens (including phenoxy) is 1. The van der Waals surface area contributed by atoms with Crippen molar-refractivity contribution in [3.05, 3.63) is 52.2 Å². The molecule has 1 saturated heterocycles. The Kier molecular flexibility index (Phi) is 4.40. The Balaban J connectivity index is 1.56. The Morgan fingerprint density at radius 1 is 1.35 bits per heavy atom. The first-order valence-electron chi connectivity index (χ1n) is 6.78. The van der Waals surface area contributed by atoms with Gasteiger partial charge in [-0.3, -0.25) is 0 Å². The molecule has 0 saturated carbocycles. The van der Waals surface area contributed by atoms with E-state index in [1.165, 1.54) is 12.1 Å². The molecule has 0 unspecified atom stereocenters. The second-order valence-electron chi connectivity index (χ2n) is 5.00. The number of benzene rings is 1. The Morgan fingerprint density at radius 3 is 2.95 bits per heavy atom. The molecule has 1 aromatic carbocycles. The average Bonchev–Trinajstić information content (AvgIpc) is 3.11. The highest BCUT2D eigenvalue weighted by molar-refractivity contribution is 7.07. The van der Waals surface area contributed by atoms with Crippen LogP contribution in [-0.2, 0) is 11.3 Å². The van der Waals surface area contributed by atoms with E-state index >= 15 is 0 Å². The lowest BCUT2D eigenvalue weighted by Gasteiger charge is -2.19. The maximum atomic E-state index is 13.0. The number of hydrogen-bond donors (Lipinski definition) is 1. The Morgan fingerprint density at radius 2 is 2.20 bits per heavy atom. The van der Waals surface area contributed by atoms with Crippen LogP contribution in [0, 0.1) is 11.7 Å². The van der Waals surface area contributed by atoms with Gasteiger partial charge >= 0.3 is 0 Å². The molecular formula is C15H17FN2OS. The van der Waals surface area contributed by atoms with E-state index in [0.717, 1.165) is 37.4 Å². The molecule has 2 heterocycles. The minimum atomic E-state index is -0.204. The van der Waals surface area contributed by atoms with E-state index in [-0.39, 0.29) is 11.9 Å². The number of nitrogens with one attached hydrogen (secondary N) is 1. The van der Waals surface area contributed by atoms with Crippen LogP contribution in [0.4, 0.5) is 4.39 Å². The molecule has 0 bridgehead atoms. The molecule has 1 N–H and O–H groups in total. The summed E-state index contributed by atoms with van der Waals surface area (Å²) in [6.07, 6.45) is 1.10. The van der Waals surface area contributed by atoms with Crippen molar-refractivity contribution in [2.45, 2.75) is 19.1 Å². The molecule has 0 amide bonds. The van der Waals surface area contributed by atoms with E-state index in [9.17, 15) is 4.39 Å². The largest absolute Gasteiger partial charge is 0.373 e. The van der Waals surface area contributed by atoms with Gasteiger partial charge in [0.15, 0.2) is 0 Å². The average molecular weight is 292 g/mol. The summed E-state index contributed by atoms with van der Waals surface area (Å²) in [5, 5.41) is 5.48. The molecule has 1 aromatic heterocycles. The van der Waals surface area contributed by atoms with Crippen molar-refractivity contribution < 1.29 is 9.13 Å². The molecule has 2 aromatic rings. The van der Waals surface area contributed by atoms with Crippen LogP contribution in [0.5, 0.6) is 0 Å². The molecule has 5 heteroatoms. The van der Waals surface area contributed by atoms with Gasteiger partial charge in [-0.1, -0.05) is 12.1 Å². The molecule has 0 radical (unpaired) electrons. The summed E-state index contributed by atoms with van der Waals surface area (Å²) in [5.41, 5.74) is 3.98. The number of rotatable bonds is 5. The van der Waals surface area contributed by atoms with Crippen LogP contribution in [0.1, 0.15) is 23.8 Å². The van der Waals surface area contributed by atoms with Crippen molar-refractivity contribution in [1.29, 1.82) is 0 Å². The van der Waals surface area contributed by atoms with E-state index in [1.807, 2.05) is 17.6 Å². The second kappa shape index (κ2) is 6.43. The van der Waals surface area contributed by atoms with Crippen LogP contribution < -0.4 is 5.32 Å². The summed E-state index contributed by atoms with van der Waals surface area (Å²) >= 11 is 1.61. The molecular weight excluding hydrogens is 275 g/mol. The van der Waals surface area contributed by atoms with Gasteiger partial charge in [0.25, 0.3) is 0 Å². The number of nitrogens with zero attached hydrogens (tertiary/aromatic N) is 1. The molecule has 20 heavy (non-hydrogen) atoms. The number of aromatic nitrogens is 1. The standard InChI is InChI=1S/C15H17FN2OS/c16-13-3-1-11(2-4-13)15-12(5-6-19-15)7-17-8-14-9-20-10-18-14/h1-4,9-10,12,15,17H,5-8H2/t12-,15-/m0/s1. The van der Waals surface area contributed by atoms with Gasteiger partial charge < -0.3 is 10.1 Å². The quantitative estimate of drug-likeness (QED) is 0.919.